The van der Waals surface area contributed by atoms with Gasteiger partial charge in [-0.15, -0.1) is 0 Å². The lowest BCUT2D eigenvalue weighted by Crippen LogP contribution is -2.12. The van der Waals surface area contributed by atoms with E-state index in [9.17, 15) is 9.59 Å². The highest BCUT2D eigenvalue weighted by Gasteiger charge is 2.00. The van der Waals surface area contributed by atoms with Crippen LogP contribution in [0.1, 0.15) is 19.8 Å². The second-order valence-corrected chi connectivity index (χ2v) is 1.98. The van der Waals surface area contributed by atoms with Crippen molar-refractivity contribution in [2.24, 2.45) is 0 Å². The first-order chi connectivity index (χ1) is 5.31. The number of rotatable bonds is 6. The minimum Gasteiger partial charge on any atom is -0.463 e. The highest BCUT2D eigenvalue weighted by atomic mass is 16.6. The first-order valence-electron chi connectivity index (χ1n) is 3.52. The molecule has 0 bridgehead atoms. The second kappa shape index (κ2) is 7.05. The Labute approximate surface area is 65.5 Å². The Kier molecular flexibility index (Phi) is 6.37. The molecule has 0 heterocycles. The van der Waals surface area contributed by atoms with Crippen molar-refractivity contribution < 1.29 is 19.1 Å². The molecule has 0 amide bonds. The zero-order chi connectivity index (χ0) is 8.53. The summed E-state index contributed by atoms with van der Waals surface area (Å²) in [5, 5.41) is 0. The highest BCUT2D eigenvalue weighted by Crippen LogP contribution is 1.88. The maximum Gasteiger partial charge on any atom is 0.344 e. The number of unbranched alkanes of at least 4 members (excludes halogenated alkanes) is 1. The zero-order valence-corrected chi connectivity index (χ0v) is 6.54. The minimum atomic E-state index is -0.495. The maximum atomic E-state index is 10.6. The third kappa shape index (κ3) is 6.83. The van der Waals surface area contributed by atoms with Crippen LogP contribution in [0, 0.1) is 0 Å². The van der Waals surface area contributed by atoms with Gasteiger partial charge in [0.05, 0.1) is 6.61 Å². The van der Waals surface area contributed by atoms with Crippen LogP contribution >= 0.6 is 0 Å². The predicted molar refractivity (Wildman–Crippen MR) is 37.9 cm³/mol. The Morgan fingerprint density at radius 3 is 2.82 bits per heavy atom. The van der Waals surface area contributed by atoms with E-state index in [1.54, 1.807) is 0 Å². The van der Waals surface area contributed by atoms with Gasteiger partial charge < -0.3 is 9.47 Å². The molecule has 0 rings (SSSR count). The third-order valence-corrected chi connectivity index (χ3v) is 1.03. The van der Waals surface area contributed by atoms with Crippen LogP contribution in [0.2, 0.25) is 0 Å². The van der Waals surface area contributed by atoms with Crippen molar-refractivity contribution in [3.63, 3.8) is 0 Å². The van der Waals surface area contributed by atoms with Crippen LogP contribution in [0.3, 0.4) is 0 Å². The van der Waals surface area contributed by atoms with E-state index in [0.717, 1.165) is 12.8 Å². The highest BCUT2D eigenvalue weighted by molar-refractivity contribution is 5.71. The molecule has 11 heavy (non-hydrogen) atoms. The van der Waals surface area contributed by atoms with Crippen molar-refractivity contribution in [1.29, 1.82) is 0 Å². The molecule has 4 heteroatoms. The molecule has 0 aromatic rings. The number of esters is 1. The summed E-state index contributed by atoms with van der Waals surface area (Å²) in [5.41, 5.74) is 0. The van der Waals surface area contributed by atoms with Gasteiger partial charge in [0.1, 0.15) is 0 Å². The summed E-state index contributed by atoms with van der Waals surface area (Å²) >= 11 is 0. The topological polar surface area (TPSA) is 52.6 Å². The van der Waals surface area contributed by atoms with Gasteiger partial charge in [0, 0.05) is 0 Å². The molecule has 0 unspecified atom stereocenters. The fourth-order valence-corrected chi connectivity index (χ4v) is 0.474. The van der Waals surface area contributed by atoms with Gasteiger partial charge in [-0.1, -0.05) is 13.3 Å². The smallest absolute Gasteiger partial charge is 0.344 e. The van der Waals surface area contributed by atoms with Crippen molar-refractivity contribution in [2.75, 3.05) is 13.2 Å². The summed E-state index contributed by atoms with van der Waals surface area (Å²) in [4.78, 5) is 20.2. The number of hydrogen-bond donors (Lipinski definition) is 0. The van der Waals surface area contributed by atoms with E-state index in [0.29, 0.717) is 6.61 Å². The Morgan fingerprint density at radius 2 is 2.27 bits per heavy atom. The van der Waals surface area contributed by atoms with E-state index in [-0.39, 0.29) is 13.1 Å². The maximum absolute atomic E-state index is 10.6. The molecule has 0 saturated heterocycles. The first kappa shape index (κ1) is 9.94. The molecule has 0 aromatic heterocycles. The lowest BCUT2D eigenvalue weighted by atomic mass is 10.4. The Morgan fingerprint density at radius 1 is 1.55 bits per heavy atom. The van der Waals surface area contributed by atoms with Gasteiger partial charge in [-0.3, -0.25) is 4.79 Å². The van der Waals surface area contributed by atoms with Crippen LogP contribution in [0.4, 0.5) is 0 Å². The van der Waals surface area contributed by atoms with Crippen molar-refractivity contribution in [3.8, 4) is 0 Å². The minimum absolute atomic E-state index is 0.223. The van der Waals surface area contributed by atoms with Gasteiger partial charge in [-0.05, 0) is 6.42 Å². The van der Waals surface area contributed by atoms with Gasteiger partial charge in [-0.2, -0.15) is 0 Å². The molecule has 64 valence electrons. The lowest BCUT2D eigenvalue weighted by molar-refractivity contribution is -0.153. The molecule has 0 saturated carbocycles. The predicted octanol–water partition coefficient (Wildman–Crippen LogP) is 0.503. The summed E-state index contributed by atoms with van der Waals surface area (Å²) in [7, 11) is 0. The quantitative estimate of drug-likeness (QED) is 0.322. The monoisotopic (exact) mass is 160 g/mol. The van der Waals surface area contributed by atoms with Gasteiger partial charge >= 0.3 is 5.97 Å². The molecule has 0 radical (unpaired) electrons. The average molecular weight is 160 g/mol. The van der Waals surface area contributed by atoms with E-state index in [1.165, 1.54) is 0 Å². The van der Waals surface area contributed by atoms with E-state index in [4.69, 9.17) is 0 Å². The normalized spacial score (nSPS) is 8.82. The first-order valence-corrected chi connectivity index (χ1v) is 3.52. The summed E-state index contributed by atoms with van der Waals surface area (Å²) in [6, 6.07) is 0. The van der Waals surface area contributed by atoms with Crippen LogP contribution in [-0.4, -0.2) is 25.7 Å². The molecule has 0 fully saturated rings. The van der Waals surface area contributed by atoms with Crippen LogP contribution in [0.5, 0.6) is 0 Å². The van der Waals surface area contributed by atoms with Gasteiger partial charge in [0.2, 0.25) is 0 Å². The molecule has 0 N–H and O–H groups in total. The summed E-state index contributed by atoms with van der Waals surface area (Å²) < 4.78 is 8.83. The number of hydrogen-bond acceptors (Lipinski definition) is 4. The fourth-order valence-electron chi connectivity index (χ4n) is 0.474. The lowest BCUT2D eigenvalue weighted by Gasteiger charge is -2.01. The molecule has 0 aromatic carbocycles. The Balaban J connectivity index is 3.15. The van der Waals surface area contributed by atoms with Crippen molar-refractivity contribution in [2.45, 2.75) is 19.8 Å². The Hall–Kier alpha value is -1.06. The molecule has 4 nitrogen and oxygen atoms in total. The van der Waals surface area contributed by atoms with E-state index in [2.05, 4.69) is 9.47 Å². The molecule has 0 aliphatic heterocycles. The molecular weight excluding hydrogens is 148 g/mol. The van der Waals surface area contributed by atoms with Crippen molar-refractivity contribution in [1.82, 2.24) is 0 Å². The molecule has 0 atom stereocenters. The third-order valence-electron chi connectivity index (χ3n) is 1.03. The van der Waals surface area contributed by atoms with E-state index in [1.807, 2.05) is 6.92 Å². The average Bonchev–Trinajstić information content (AvgIpc) is 2.01. The molecule has 0 aliphatic rings. The second-order valence-electron chi connectivity index (χ2n) is 1.98. The summed E-state index contributed by atoms with van der Waals surface area (Å²) in [5.74, 6) is -0.495. The number of carbonyl (C=O) groups excluding carboxylic acids is 2. The van der Waals surface area contributed by atoms with Crippen molar-refractivity contribution >= 4 is 12.4 Å². The van der Waals surface area contributed by atoms with E-state index < -0.39 is 5.97 Å². The van der Waals surface area contributed by atoms with Crippen LogP contribution < -0.4 is 0 Å². The van der Waals surface area contributed by atoms with Crippen LogP contribution in [-0.2, 0) is 19.1 Å². The molecule has 0 spiro atoms. The van der Waals surface area contributed by atoms with Crippen LogP contribution in [0.15, 0.2) is 0 Å². The largest absolute Gasteiger partial charge is 0.463 e. The van der Waals surface area contributed by atoms with Gasteiger partial charge in [0.25, 0.3) is 6.47 Å². The summed E-state index contributed by atoms with van der Waals surface area (Å²) in [6.07, 6.45) is 1.81. The Bertz CT molecular complexity index is 122. The van der Waals surface area contributed by atoms with Gasteiger partial charge in [-0.25, -0.2) is 4.79 Å². The van der Waals surface area contributed by atoms with Crippen molar-refractivity contribution in [3.05, 3.63) is 0 Å². The summed E-state index contributed by atoms with van der Waals surface area (Å²) in [6.45, 7) is 2.33. The number of carbonyl (C=O) groups is 2. The van der Waals surface area contributed by atoms with E-state index >= 15 is 0 Å². The molecule has 0 aliphatic carbocycles. The van der Waals surface area contributed by atoms with Gasteiger partial charge in [0.15, 0.2) is 6.61 Å². The van der Waals surface area contributed by atoms with Crippen LogP contribution in [0.25, 0.3) is 0 Å². The zero-order valence-electron chi connectivity index (χ0n) is 6.54. The molecular formula is C7H12O4. The number of ether oxygens (including phenoxy) is 2. The standard InChI is InChI=1S/C7H12O4/c1-2-3-4-11-7(9)5-10-6-8/h6H,2-5H2,1H3. The fraction of sp³-hybridized carbons (Fsp3) is 0.714. The SMILES string of the molecule is CCCCOC(=O)COC=O.